The minimum Gasteiger partial charge on any atom is -0.546 e. The maximum absolute atomic E-state index is 12.3. The molecule has 10 rings (SSSR count). The Morgan fingerprint density at radius 2 is 0.708 bits per heavy atom. The Morgan fingerprint density at radius 1 is 0.417 bits per heavy atom. The number of nitriles is 2. The fourth-order valence-electron chi connectivity index (χ4n) is 9.84. The van der Waals surface area contributed by atoms with Gasteiger partial charge in [-0.15, -0.1) is 0 Å². The van der Waals surface area contributed by atoms with E-state index in [-0.39, 0.29) is 125 Å². The van der Waals surface area contributed by atoms with E-state index in [0.717, 1.165) is 24.2 Å². The van der Waals surface area contributed by atoms with Crippen LogP contribution in [0, 0.1) is 63.1 Å². The van der Waals surface area contributed by atoms with Crippen LogP contribution in [-0.2, 0) is 69.8 Å². The summed E-state index contributed by atoms with van der Waals surface area (Å²) in [6.45, 7) is 27.6. The molecule has 0 unspecified atom stereocenters. The first-order chi connectivity index (χ1) is 55.5. The van der Waals surface area contributed by atoms with Gasteiger partial charge in [0.2, 0.25) is 0 Å². The number of nitrogens with one attached hydrogen (secondary N) is 1. The van der Waals surface area contributed by atoms with Crippen LogP contribution in [0.3, 0.4) is 0 Å². The zero-order chi connectivity index (χ0) is 87.2. The van der Waals surface area contributed by atoms with Gasteiger partial charge in [0.15, 0.2) is 13.2 Å². The van der Waals surface area contributed by atoms with Gasteiger partial charge in [-0.05, 0) is 97.0 Å². The number of benzene rings is 6. The summed E-state index contributed by atoms with van der Waals surface area (Å²) in [5.41, 5.74) is 11.2. The van der Waals surface area contributed by atoms with Crippen LogP contribution in [0.1, 0.15) is 11.1 Å². The number of nitrogens with two attached hydrogens (primary N) is 1. The largest absolute Gasteiger partial charge is 1.00 e. The van der Waals surface area contributed by atoms with E-state index in [1.807, 2.05) is 12.1 Å². The number of nitro benzene ring substituents is 4. The van der Waals surface area contributed by atoms with Crippen molar-refractivity contribution in [3.63, 3.8) is 0 Å². The molecular weight excluding hydrogens is 1620 g/mol. The number of nitro groups is 4. The zero-order valence-electron chi connectivity index (χ0n) is 69.6. The summed E-state index contributed by atoms with van der Waals surface area (Å²) in [4.78, 5) is 104. The minimum atomic E-state index is -1.38. The number of hydrogen-bond acceptors (Lipinski definition) is 30. The summed E-state index contributed by atoms with van der Waals surface area (Å²) in [5.74, 6) is -3.73. The predicted octanol–water partition coefficient (Wildman–Crippen LogP) is 4.87. The molecule has 0 spiro atoms. The first kappa shape index (κ1) is 101. The van der Waals surface area contributed by atoms with Gasteiger partial charge in [-0.1, -0.05) is 78.6 Å². The van der Waals surface area contributed by atoms with Crippen molar-refractivity contribution in [2.24, 2.45) is 0 Å². The van der Waals surface area contributed by atoms with E-state index in [1.165, 1.54) is 78.4 Å². The average molecular weight is 1710 g/mol. The number of ether oxygens (including phenoxy) is 9. The topological polar surface area (TPSA) is 527 Å². The summed E-state index contributed by atoms with van der Waals surface area (Å²) in [6.07, 6.45) is 0. The van der Waals surface area contributed by atoms with Crippen LogP contribution in [0.4, 0.5) is 34.1 Å². The number of carboxylic acid groups (broad SMARTS) is 2. The number of aromatic nitrogens is 8. The number of fused-ring (bicyclic) bond motifs is 4. The number of nitrogens with zero attached hydrogens (tertiary/aromatic N) is 14. The number of methoxy groups -OCH3 is 1. The van der Waals surface area contributed by atoms with E-state index >= 15 is 0 Å². The number of imidazole rings is 4. The quantitative estimate of drug-likeness (QED) is 0.0131. The van der Waals surface area contributed by atoms with Crippen LogP contribution in [0.5, 0.6) is 24.0 Å². The Bertz CT molecular complexity index is 5230. The van der Waals surface area contributed by atoms with E-state index in [0.29, 0.717) is 93.1 Å². The molecule has 10 aromatic rings. The number of carbonyl (C=O) groups excluding carboxylic acids is 4. The molecule has 630 valence electrons. The molecule has 0 bridgehead atoms. The molecule has 4 heterocycles. The molecule has 0 radical (unpaired) electrons. The summed E-state index contributed by atoms with van der Waals surface area (Å²) in [7, 11) is -3.74. The monoisotopic (exact) mass is 1710 g/mol. The SMILES string of the molecule is COC(=O)COc1nc2cc([N+](=O)[O-])ccc2n1COCC[Si](C)(C)C.C[Si](C)(C)CCOCn1c(OCC(=O)Nc2ccc(C#N)cc2)nc2ccc([N+](=O)[O-])cc21.C[Si](C)(C)CCOCn1c(OCC(=O)[O-])nc2cc([N+](=O)[O-])ccc21.C[Si](C)(C)CCOCn1c(OCC(=O)[O-])nc2ccc([N+](=O)[O-])cc21.N#Cc1ccc(N)cc1.[Li+].[Li+]. The van der Waals surface area contributed by atoms with Gasteiger partial charge in [0, 0.05) is 119 Å². The second-order valence-electron chi connectivity index (χ2n) is 30.8. The number of non-ortho nitro benzene ring substituents is 4. The molecule has 120 heavy (non-hydrogen) atoms. The third kappa shape index (κ3) is 34.1. The molecule has 0 saturated carbocycles. The summed E-state index contributed by atoms with van der Waals surface area (Å²) in [5, 5.41) is 85.2. The van der Waals surface area contributed by atoms with Crippen molar-refractivity contribution in [1.82, 2.24) is 38.2 Å². The van der Waals surface area contributed by atoms with Crippen LogP contribution >= 0.6 is 0 Å². The van der Waals surface area contributed by atoms with E-state index in [4.69, 9.17) is 54.2 Å². The molecule has 0 aliphatic heterocycles. The molecule has 3 N–H and O–H groups in total. The predicted molar refractivity (Wildman–Crippen MR) is 441 cm³/mol. The van der Waals surface area contributed by atoms with Crippen LogP contribution < -0.4 is 77.9 Å². The van der Waals surface area contributed by atoms with Gasteiger partial charge in [0.1, 0.15) is 40.1 Å². The smallest absolute Gasteiger partial charge is 0.546 e. The van der Waals surface area contributed by atoms with Crippen molar-refractivity contribution in [3.05, 3.63) is 173 Å². The maximum atomic E-state index is 12.3. The number of carboxylic acids is 2. The van der Waals surface area contributed by atoms with Crippen molar-refractivity contribution in [1.29, 1.82) is 10.5 Å². The van der Waals surface area contributed by atoms with E-state index < -0.39 is 89.0 Å². The number of carbonyl (C=O) groups is 4. The number of hydrogen-bond donors (Lipinski definition) is 2. The van der Waals surface area contributed by atoms with E-state index in [1.54, 1.807) is 68.3 Å². The number of nitrogen functional groups attached to an aromatic ring is 1. The third-order valence-electron chi connectivity index (χ3n) is 16.4. The molecule has 0 fully saturated rings. The van der Waals surface area contributed by atoms with Crippen LogP contribution in [0.2, 0.25) is 103 Å². The molecule has 0 saturated heterocycles. The summed E-state index contributed by atoms with van der Waals surface area (Å²) in [6, 6.07) is 38.5. The van der Waals surface area contributed by atoms with Crippen LogP contribution in [0.25, 0.3) is 44.1 Å². The van der Waals surface area contributed by atoms with Gasteiger partial charge >= 0.3 is 43.7 Å². The number of esters is 1. The minimum absolute atomic E-state index is 0. The van der Waals surface area contributed by atoms with Gasteiger partial charge in [0.25, 0.3) is 52.7 Å². The Kier molecular flexibility index (Phi) is 39.8. The Morgan fingerprint density at radius 3 is 1.02 bits per heavy atom. The zero-order valence-corrected chi connectivity index (χ0v) is 73.6. The van der Waals surface area contributed by atoms with Gasteiger partial charge < -0.3 is 73.5 Å². The molecule has 6 aromatic carbocycles. The number of rotatable bonds is 37. The number of anilines is 2. The van der Waals surface area contributed by atoms with Crippen molar-refractivity contribution >= 4 is 134 Å². The second-order valence-corrected chi connectivity index (χ2v) is 53.3. The summed E-state index contributed by atoms with van der Waals surface area (Å²) >= 11 is 0. The first-order valence-electron chi connectivity index (χ1n) is 36.5. The van der Waals surface area contributed by atoms with E-state index in [2.05, 4.69) is 109 Å². The fourth-order valence-corrected chi connectivity index (χ4v) is 12.9. The van der Waals surface area contributed by atoms with Gasteiger partial charge in [0.05, 0.1) is 106 Å². The van der Waals surface area contributed by atoms with Gasteiger partial charge in [-0.3, -0.25) is 63.5 Å². The van der Waals surface area contributed by atoms with Crippen molar-refractivity contribution < 1.29 is 129 Å². The van der Waals surface area contributed by atoms with E-state index in [9.17, 15) is 69.8 Å². The number of amides is 1. The fraction of sp³-hybridized carbons (Fsp3) is 0.387. The molecule has 39 nitrogen and oxygen atoms in total. The molecule has 45 heteroatoms. The Balaban J connectivity index is 0.000000324. The molecule has 0 atom stereocenters. The molecular formula is C75H94Li2N16O23Si4. The molecule has 4 aromatic heterocycles. The maximum Gasteiger partial charge on any atom is 1.00 e. The van der Waals surface area contributed by atoms with Gasteiger partial charge in [-0.25, -0.2) is 4.79 Å². The standard InChI is InChI=1S/C22H25N5O5Si.C16H23N3O6Si.2C15H21N3O6Si.C7H6N2.2Li/c1-33(2,3)11-10-31-15-26-20-12-18(27(29)30)8-9-19(20)25-22(26)32-14-21(28)24-17-6-4-16(13-23)5-7-17;1-23-15(20)10-25-16-17-13-9-12(19(21)22)5-6-14(13)18(16)11-24-7-8-26(2,3)4;1-25(2,3)7-6-23-10-17-13-5-4-11(18(21)22)8-12(13)16-15(17)24-9-14(19)20;1-25(2,3)7-6-23-10-17-13-8-11(18(21)22)4-5-12(13)16-15(17)24-9-14(19)20;8-5-6-1-3-7(9)4-2-6;;/h4-9,12H,10-11,14-15H2,1-3H3,(H,24,28);5-6,9H,7-8,10-11H2,1-4H3;2*4-5,8H,6-7,9-10H2,1-3H3,(H,19,20);1-4H,9H2;;/q;;;;;2*+1/p-2. The van der Waals surface area contributed by atoms with Crippen LogP contribution in [-0.4, -0.2) is 174 Å². The van der Waals surface area contributed by atoms with Crippen molar-refractivity contribution in [2.45, 2.75) is 130 Å². The number of aliphatic carboxylic acids is 2. The Hall–Kier alpha value is -11.4. The molecule has 0 aliphatic rings. The molecule has 1 amide bonds. The Labute approximate surface area is 717 Å². The van der Waals surface area contributed by atoms with Crippen molar-refractivity contribution in [3.8, 4) is 36.2 Å². The van der Waals surface area contributed by atoms with Crippen molar-refractivity contribution in [2.75, 3.05) is 71.0 Å². The van der Waals surface area contributed by atoms with Gasteiger partial charge in [-0.2, -0.15) is 30.5 Å². The van der Waals surface area contributed by atoms with Crippen LogP contribution in [0.15, 0.2) is 121 Å². The second kappa shape index (κ2) is 47.4. The molecule has 0 aliphatic carbocycles. The normalized spacial score (nSPS) is 11.1. The first-order valence-corrected chi connectivity index (χ1v) is 51.3. The third-order valence-corrected chi connectivity index (χ3v) is 23.2. The summed E-state index contributed by atoms with van der Waals surface area (Å²) < 4.78 is 55.0. The average Bonchev–Trinajstić information content (AvgIpc) is 1.67.